The van der Waals surface area contributed by atoms with E-state index in [1.165, 1.54) is 4.31 Å². The van der Waals surface area contributed by atoms with Crippen molar-refractivity contribution >= 4 is 33.0 Å². The van der Waals surface area contributed by atoms with Crippen molar-refractivity contribution in [1.82, 2.24) is 4.31 Å². The molecule has 7 nitrogen and oxygen atoms in total. The zero-order valence-electron chi connectivity index (χ0n) is 20.1. The van der Waals surface area contributed by atoms with E-state index in [1.54, 1.807) is 24.3 Å². The molecule has 3 aromatic carbocycles. The topological polar surface area (TPSA) is 79.0 Å². The molecule has 4 rings (SSSR count). The van der Waals surface area contributed by atoms with Crippen LogP contribution in [0.2, 0.25) is 0 Å². The molecule has 35 heavy (non-hydrogen) atoms. The van der Waals surface area contributed by atoms with Crippen molar-refractivity contribution in [2.75, 3.05) is 37.0 Å². The van der Waals surface area contributed by atoms with Gasteiger partial charge in [-0.25, -0.2) is 8.42 Å². The largest absolute Gasteiger partial charge is 0.494 e. The van der Waals surface area contributed by atoms with Gasteiger partial charge < -0.3 is 15.0 Å². The number of nitrogens with one attached hydrogen (secondary N) is 1. The zero-order valence-corrected chi connectivity index (χ0v) is 20.9. The second-order valence-electron chi connectivity index (χ2n) is 8.48. The Morgan fingerprint density at radius 3 is 2.26 bits per heavy atom. The van der Waals surface area contributed by atoms with E-state index in [9.17, 15) is 13.2 Å². The number of carbonyl (C=O) groups is 1. The average molecular weight is 494 g/mol. The van der Waals surface area contributed by atoms with Crippen LogP contribution in [0.25, 0.3) is 0 Å². The summed E-state index contributed by atoms with van der Waals surface area (Å²) in [5.41, 5.74) is 2.64. The lowest BCUT2D eigenvalue weighted by Crippen LogP contribution is -2.41. The van der Waals surface area contributed by atoms with Crippen molar-refractivity contribution in [3.63, 3.8) is 0 Å². The van der Waals surface area contributed by atoms with Crippen molar-refractivity contribution in [2.24, 2.45) is 5.92 Å². The summed E-state index contributed by atoms with van der Waals surface area (Å²) in [5.74, 6) is 0.300. The number of hydrogen-bond donors (Lipinski definition) is 1. The molecule has 1 heterocycles. The summed E-state index contributed by atoms with van der Waals surface area (Å²) in [4.78, 5) is 15.4. The van der Waals surface area contributed by atoms with Crippen LogP contribution in [0.15, 0.2) is 83.8 Å². The van der Waals surface area contributed by atoms with Gasteiger partial charge >= 0.3 is 0 Å². The van der Waals surface area contributed by atoms with Gasteiger partial charge in [-0.15, -0.1) is 0 Å². The first-order valence-corrected chi connectivity index (χ1v) is 13.3. The molecule has 8 heteroatoms. The van der Waals surface area contributed by atoms with Crippen LogP contribution in [0.5, 0.6) is 5.75 Å². The standard InChI is InChI=1S/C27H31N3O4S/c1-3-34-23-13-15-24(16-14-23)35(32,33)30-19-17-21(18-20-30)27(31)28-25-11-7-8-12-26(25)29(2)22-9-5-4-6-10-22/h4-16,21H,3,17-20H2,1-2H3,(H,28,31). The first-order valence-electron chi connectivity index (χ1n) is 11.8. The van der Waals surface area contributed by atoms with Crippen LogP contribution in [0, 0.1) is 5.92 Å². The van der Waals surface area contributed by atoms with Gasteiger partial charge in [0.25, 0.3) is 0 Å². The lowest BCUT2D eigenvalue weighted by molar-refractivity contribution is -0.120. The second-order valence-corrected chi connectivity index (χ2v) is 10.4. The Labute approximate surface area is 207 Å². The van der Waals surface area contributed by atoms with Gasteiger partial charge in [0.1, 0.15) is 5.75 Å². The van der Waals surface area contributed by atoms with E-state index in [-0.39, 0.29) is 16.7 Å². The van der Waals surface area contributed by atoms with Gasteiger partial charge in [0.15, 0.2) is 0 Å². The van der Waals surface area contributed by atoms with E-state index >= 15 is 0 Å². The highest BCUT2D eigenvalue weighted by Gasteiger charge is 2.32. The highest BCUT2D eigenvalue weighted by atomic mass is 32.2. The quantitative estimate of drug-likeness (QED) is 0.483. The minimum atomic E-state index is -3.61. The SMILES string of the molecule is CCOc1ccc(S(=O)(=O)N2CCC(C(=O)Nc3ccccc3N(C)c3ccccc3)CC2)cc1. The van der Waals surface area contributed by atoms with E-state index in [2.05, 4.69) is 5.32 Å². The molecule has 3 aromatic rings. The highest BCUT2D eigenvalue weighted by molar-refractivity contribution is 7.89. The first-order chi connectivity index (χ1) is 16.9. The van der Waals surface area contributed by atoms with Gasteiger partial charge in [-0.3, -0.25) is 4.79 Å². The monoisotopic (exact) mass is 493 g/mol. The van der Waals surface area contributed by atoms with Gasteiger partial charge in [0, 0.05) is 31.7 Å². The number of benzene rings is 3. The fourth-order valence-electron chi connectivity index (χ4n) is 4.28. The fraction of sp³-hybridized carbons (Fsp3) is 0.296. The van der Waals surface area contributed by atoms with E-state index in [0.717, 1.165) is 17.1 Å². The number of para-hydroxylation sites is 3. The average Bonchev–Trinajstić information content (AvgIpc) is 2.90. The number of rotatable bonds is 8. The van der Waals surface area contributed by atoms with Crippen molar-refractivity contribution < 1.29 is 17.9 Å². The van der Waals surface area contributed by atoms with Crippen LogP contribution >= 0.6 is 0 Å². The van der Waals surface area contributed by atoms with E-state index in [0.29, 0.717) is 38.3 Å². The third-order valence-electron chi connectivity index (χ3n) is 6.26. The molecule has 0 bridgehead atoms. The van der Waals surface area contributed by atoms with Crippen LogP contribution < -0.4 is 15.0 Å². The van der Waals surface area contributed by atoms with Gasteiger partial charge in [-0.2, -0.15) is 4.31 Å². The smallest absolute Gasteiger partial charge is 0.243 e. The fourth-order valence-corrected chi connectivity index (χ4v) is 5.75. The molecule has 1 aliphatic rings. The van der Waals surface area contributed by atoms with E-state index in [1.807, 2.05) is 73.5 Å². The summed E-state index contributed by atoms with van der Waals surface area (Å²) in [6.45, 7) is 3.01. The molecule has 1 saturated heterocycles. The minimum Gasteiger partial charge on any atom is -0.494 e. The first kappa shape index (κ1) is 24.8. The lowest BCUT2D eigenvalue weighted by Gasteiger charge is -2.31. The van der Waals surface area contributed by atoms with Crippen LogP contribution in [0.3, 0.4) is 0 Å². The number of carbonyl (C=O) groups excluding carboxylic acids is 1. The van der Waals surface area contributed by atoms with Crippen molar-refractivity contribution in [1.29, 1.82) is 0 Å². The number of hydrogen-bond acceptors (Lipinski definition) is 5. The Balaban J connectivity index is 1.39. The maximum atomic E-state index is 13.1. The normalized spacial score (nSPS) is 14.9. The number of piperidine rings is 1. The number of amides is 1. The predicted octanol–water partition coefficient (Wildman–Crippen LogP) is 4.89. The van der Waals surface area contributed by atoms with Crippen LogP contribution in [-0.2, 0) is 14.8 Å². The molecule has 1 N–H and O–H groups in total. The Bertz CT molecular complexity index is 1240. The molecular formula is C27H31N3O4S. The number of ether oxygens (including phenoxy) is 1. The van der Waals surface area contributed by atoms with Crippen molar-refractivity contribution in [3.05, 3.63) is 78.9 Å². The summed E-state index contributed by atoms with van der Waals surface area (Å²) in [6.07, 6.45) is 0.942. The summed E-state index contributed by atoms with van der Waals surface area (Å²) >= 11 is 0. The van der Waals surface area contributed by atoms with Crippen molar-refractivity contribution in [3.8, 4) is 5.75 Å². The molecule has 1 fully saturated rings. The molecule has 0 unspecified atom stereocenters. The summed E-state index contributed by atoms with van der Waals surface area (Å²) in [6, 6.07) is 24.1. The Morgan fingerprint density at radius 1 is 0.971 bits per heavy atom. The molecule has 0 aliphatic carbocycles. The van der Waals surface area contributed by atoms with E-state index < -0.39 is 10.0 Å². The molecule has 0 radical (unpaired) electrons. The molecular weight excluding hydrogens is 462 g/mol. The molecule has 0 saturated carbocycles. The Hall–Kier alpha value is -3.36. The van der Waals surface area contributed by atoms with Gasteiger partial charge in [-0.1, -0.05) is 30.3 Å². The van der Waals surface area contributed by atoms with Crippen LogP contribution in [-0.4, -0.2) is 45.4 Å². The van der Waals surface area contributed by atoms with Gasteiger partial charge in [0.2, 0.25) is 15.9 Å². The van der Waals surface area contributed by atoms with Gasteiger partial charge in [-0.05, 0) is 68.3 Å². The molecule has 0 aromatic heterocycles. The number of sulfonamides is 1. The van der Waals surface area contributed by atoms with Crippen LogP contribution in [0.1, 0.15) is 19.8 Å². The summed E-state index contributed by atoms with van der Waals surface area (Å²) in [5, 5.41) is 3.07. The lowest BCUT2D eigenvalue weighted by atomic mass is 9.97. The summed E-state index contributed by atoms with van der Waals surface area (Å²) in [7, 11) is -1.65. The summed E-state index contributed by atoms with van der Waals surface area (Å²) < 4.78 is 33.0. The predicted molar refractivity (Wildman–Crippen MR) is 139 cm³/mol. The Kier molecular flexibility index (Phi) is 7.73. The third kappa shape index (κ3) is 5.66. The highest BCUT2D eigenvalue weighted by Crippen LogP contribution is 2.32. The van der Waals surface area contributed by atoms with Crippen LogP contribution in [0.4, 0.5) is 17.1 Å². The minimum absolute atomic E-state index is 0.0861. The molecule has 1 amide bonds. The third-order valence-corrected chi connectivity index (χ3v) is 8.18. The number of nitrogens with zero attached hydrogens (tertiary/aromatic N) is 2. The zero-order chi connectivity index (χ0) is 24.8. The maximum absolute atomic E-state index is 13.1. The maximum Gasteiger partial charge on any atom is 0.243 e. The molecule has 0 atom stereocenters. The van der Waals surface area contributed by atoms with E-state index in [4.69, 9.17) is 4.74 Å². The molecule has 1 aliphatic heterocycles. The molecule has 0 spiro atoms. The molecule has 184 valence electrons. The number of anilines is 3. The van der Waals surface area contributed by atoms with Crippen molar-refractivity contribution in [2.45, 2.75) is 24.7 Å². The van der Waals surface area contributed by atoms with Gasteiger partial charge in [0.05, 0.1) is 22.9 Å². The second kappa shape index (κ2) is 10.9. The Morgan fingerprint density at radius 2 is 1.60 bits per heavy atom.